The number of hydrogen-bond acceptors (Lipinski definition) is 3. The van der Waals surface area contributed by atoms with Gasteiger partial charge in [0.1, 0.15) is 0 Å². The average molecular weight is 234 g/mol. The Balaban J connectivity index is 2.18. The monoisotopic (exact) mass is 234 g/mol. The van der Waals surface area contributed by atoms with Gasteiger partial charge >= 0.3 is 0 Å². The highest BCUT2D eigenvalue weighted by molar-refractivity contribution is 7.48. The third-order valence-corrected chi connectivity index (χ3v) is 3.29. The summed E-state index contributed by atoms with van der Waals surface area (Å²) < 4.78 is 17.0. The van der Waals surface area contributed by atoms with Crippen LogP contribution in [0.5, 0.6) is 11.5 Å². The minimum absolute atomic E-state index is 0.00298. The summed E-state index contributed by atoms with van der Waals surface area (Å²) in [6.07, 6.45) is 0. The normalized spacial score (nSPS) is 12.0. The molecular formula is C12H11O3P. The van der Waals surface area contributed by atoms with E-state index < -0.39 is 8.03 Å². The minimum Gasteiger partial charge on any atom is -0.504 e. The van der Waals surface area contributed by atoms with Crippen LogP contribution in [0.2, 0.25) is 0 Å². The summed E-state index contributed by atoms with van der Waals surface area (Å²) in [4.78, 5) is 0. The lowest BCUT2D eigenvalue weighted by molar-refractivity contribution is 0.438. The Hall–Kier alpha value is -1.73. The molecule has 0 spiro atoms. The quantitative estimate of drug-likeness (QED) is 0.830. The van der Waals surface area contributed by atoms with E-state index in [4.69, 9.17) is 4.52 Å². The summed E-state index contributed by atoms with van der Waals surface area (Å²) in [5.41, 5.74) is 0. The van der Waals surface area contributed by atoms with Gasteiger partial charge in [0.15, 0.2) is 11.5 Å². The third kappa shape index (κ3) is 2.44. The first-order chi connectivity index (χ1) is 7.77. The fourth-order valence-electron chi connectivity index (χ4n) is 1.28. The van der Waals surface area contributed by atoms with Crippen LogP contribution in [-0.4, -0.2) is 5.11 Å². The molecule has 4 heteroatoms. The van der Waals surface area contributed by atoms with Crippen molar-refractivity contribution in [2.24, 2.45) is 0 Å². The molecule has 2 aromatic carbocycles. The number of benzene rings is 2. The summed E-state index contributed by atoms with van der Waals surface area (Å²) in [6.45, 7) is 0. The molecule has 3 nitrogen and oxygen atoms in total. The van der Waals surface area contributed by atoms with Crippen LogP contribution in [0.25, 0.3) is 0 Å². The van der Waals surface area contributed by atoms with Gasteiger partial charge in [0.05, 0.1) is 0 Å². The van der Waals surface area contributed by atoms with Gasteiger partial charge in [0, 0.05) is 5.30 Å². The van der Waals surface area contributed by atoms with E-state index in [0.717, 1.165) is 0 Å². The highest BCUT2D eigenvalue weighted by atomic mass is 31.1. The molecule has 1 atom stereocenters. The second-order valence-corrected chi connectivity index (χ2v) is 4.58. The zero-order chi connectivity index (χ0) is 11.4. The molecule has 2 aromatic rings. The zero-order valence-corrected chi connectivity index (χ0v) is 9.46. The molecule has 82 valence electrons. The predicted octanol–water partition coefficient (Wildman–Crippen LogP) is 2.57. The highest BCUT2D eigenvalue weighted by Gasteiger charge is 2.07. The summed E-state index contributed by atoms with van der Waals surface area (Å²) >= 11 is 0. The molecule has 0 amide bonds. The maximum Gasteiger partial charge on any atom is 0.266 e. The SMILES string of the molecule is O=[PH](Oc1ccccc1O)c1ccccc1. The maximum absolute atomic E-state index is 11.8. The van der Waals surface area contributed by atoms with E-state index in [2.05, 4.69) is 0 Å². The van der Waals surface area contributed by atoms with Crippen LogP contribution >= 0.6 is 8.03 Å². The zero-order valence-electron chi connectivity index (χ0n) is 8.46. The van der Waals surface area contributed by atoms with Gasteiger partial charge in [-0.1, -0.05) is 30.3 Å². The minimum atomic E-state index is -2.35. The molecular weight excluding hydrogens is 223 g/mol. The Labute approximate surface area is 94.2 Å². The van der Waals surface area contributed by atoms with Crippen molar-refractivity contribution in [3.8, 4) is 11.5 Å². The number of hydrogen-bond donors (Lipinski definition) is 1. The number of rotatable bonds is 3. The molecule has 0 aliphatic rings. The first-order valence-electron chi connectivity index (χ1n) is 4.82. The summed E-state index contributed by atoms with van der Waals surface area (Å²) in [5.74, 6) is 0.243. The summed E-state index contributed by atoms with van der Waals surface area (Å²) in [5, 5.41) is 10.1. The fourth-order valence-corrected chi connectivity index (χ4v) is 2.23. The lowest BCUT2D eigenvalue weighted by atomic mass is 10.3. The number of para-hydroxylation sites is 2. The Morgan fingerprint density at radius 1 is 0.938 bits per heavy atom. The van der Waals surface area contributed by atoms with E-state index in [1.54, 1.807) is 42.5 Å². The van der Waals surface area contributed by atoms with Crippen molar-refractivity contribution in [2.75, 3.05) is 0 Å². The molecule has 0 aliphatic heterocycles. The Morgan fingerprint density at radius 2 is 1.56 bits per heavy atom. The van der Waals surface area contributed by atoms with Crippen LogP contribution in [0.4, 0.5) is 0 Å². The molecule has 0 radical (unpaired) electrons. The molecule has 0 aliphatic carbocycles. The maximum atomic E-state index is 11.8. The van der Waals surface area contributed by atoms with E-state index in [-0.39, 0.29) is 11.5 Å². The van der Waals surface area contributed by atoms with Gasteiger partial charge in [0.25, 0.3) is 8.03 Å². The van der Waals surface area contributed by atoms with Gasteiger partial charge in [-0.05, 0) is 24.3 Å². The second kappa shape index (κ2) is 4.86. The van der Waals surface area contributed by atoms with Crippen molar-refractivity contribution < 1.29 is 14.2 Å². The fraction of sp³-hybridized carbons (Fsp3) is 0. The molecule has 0 saturated carbocycles. The third-order valence-electron chi connectivity index (χ3n) is 2.08. The molecule has 0 fully saturated rings. The molecule has 2 rings (SSSR count). The molecule has 1 N–H and O–H groups in total. The van der Waals surface area contributed by atoms with Crippen LogP contribution in [0.15, 0.2) is 54.6 Å². The van der Waals surface area contributed by atoms with Gasteiger partial charge < -0.3 is 9.63 Å². The van der Waals surface area contributed by atoms with E-state index in [1.807, 2.05) is 6.07 Å². The highest BCUT2D eigenvalue weighted by Crippen LogP contribution is 2.32. The van der Waals surface area contributed by atoms with E-state index in [0.29, 0.717) is 5.30 Å². The molecule has 16 heavy (non-hydrogen) atoms. The van der Waals surface area contributed by atoms with Gasteiger partial charge in [-0.15, -0.1) is 0 Å². The average Bonchev–Trinajstić information content (AvgIpc) is 2.33. The summed E-state index contributed by atoms with van der Waals surface area (Å²) in [6, 6.07) is 15.4. The van der Waals surface area contributed by atoms with Crippen molar-refractivity contribution in [1.82, 2.24) is 0 Å². The van der Waals surface area contributed by atoms with Crippen molar-refractivity contribution in [3.05, 3.63) is 54.6 Å². The van der Waals surface area contributed by atoms with E-state index in [1.165, 1.54) is 6.07 Å². The summed E-state index contributed by atoms with van der Waals surface area (Å²) in [7, 11) is -2.35. The van der Waals surface area contributed by atoms with E-state index >= 15 is 0 Å². The number of phenolic OH excluding ortho intramolecular Hbond substituents is 1. The Bertz CT molecular complexity index is 497. The largest absolute Gasteiger partial charge is 0.504 e. The lowest BCUT2D eigenvalue weighted by Crippen LogP contribution is -1.98. The van der Waals surface area contributed by atoms with Crippen LogP contribution in [-0.2, 0) is 4.57 Å². The molecule has 0 bridgehead atoms. The van der Waals surface area contributed by atoms with Gasteiger partial charge in [-0.25, -0.2) is 0 Å². The molecule has 0 heterocycles. The lowest BCUT2D eigenvalue weighted by Gasteiger charge is -2.07. The first-order valence-corrected chi connectivity index (χ1v) is 6.14. The van der Waals surface area contributed by atoms with Crippen LogP contribution in [0, 0.1) is 0 Å². The number of phenols is 1. The Kier molecular flexibility index (Phi) is 3.28. The van der Waals surface area contributed by atoms with E-state index in [9.17, 15) is 9.67 Å². The first kappa shape index (κ1) is 10.8. The van der Waals surface area contributed by atoms with Crippen molar-refractivity contribution in [2.45, 2.75) is 0 Å². The second-order valence-electron chi connectivity index (χ2n) is 3.22. The predicted molar refractivity (Wildman–Crippen MR) is 63.8 cm³/mol. The molecule has 0 aromatic heterocycles. The van der Waals surface area contributed by atoms with Gasteiger partial charge in [-0.3, -0.25) is 4.57 Å². The van der Waals surface area contributed by atoms with Crippen LogP contribution < -0.4 is 9.83 Å². The van der Waals surface area contributed by atoms with Crippen molar-refractivity contribution >= 4 is 13.3 Å². The van der Waals surface area contributed by atoms with Crippen molar-refractivity contribution in [3.63, 3.8) is 0 Å². The topological polar surface area (TPSA) is 46.5 Å². The van der Waals surface area contributed by atoms with Gasteiger partial charge in [0.2, 0.25) is 0 Å². The Morgan fingerprint density at radius 3 is 2.25 bits per heavy atom. The van der Waals surface area contributed by atoms with Gasteiger partial charge in [-0.2, -0.15) is 0 Å². The standard InChI is InChI=1S/C12H11O3P/c13-11-8-4-5-9-12(11)15-16(14)10-6-2-1-3-7-10/h1-9,13,16H. The van der Waals surface area contributed by atoms with Crippen LogP contribution in [0.1, 0.15) is 0 Å². The number of aromatic hydroxyl groups is 1. The van der Waals surface area contributed by atoms with Crippen LogP contribution in [0.3, 0.4) is 0 Å². The molecule has 0 saturated heterocycles. The molecule has 1 unspecified atom stereocenters. The smallest absolute Gasteiger partial charge is 0.266 e. The van der Waals surface area contributed by atoms with Crippen molar-refractivity contribution in [1.29, 1.82) is 0 Å².